The fraction of sp³-hybridized carbons (Fsp3) is 0.100. The second kappa shape index (κ2) is 3.58. The first kappa shape index (κ1) is 10.0. The summed E-state index contributed by atoms with van der Waals surface area (Å²) in [5.74, 6) is 6.03. The third-order valence-corrected chi connectivity index (χ3v) is 3.13. The maximum atomic E-state index is 5.78. The molecule has 2 rings (SSSR count). The summed E-state index contributed by atoms with van der Waals surface area (Å²) in [5.41, 5.74) is 8.61. The van der Waals surface area contributed by atoms with E-state index in [-0.39, 0.29) is 0 Å². The van der Waals surface area contributed by atoms with Gasteiger partial charge in [-0.05, 0) is 18.6 Å². The van der Waals surface area contributed by atoms with Gasteiger partial charge >= 0.3 is 0 Å². The van der Waals surface area contributed by atoms with Crippen LogP contribution in [0.1, 0.15) is 5.56 Å². The highest BCUT2D eigenvalue weighted by Crippen LogP contribution is 2.27. The third kappa shape index (κ3) is 1.70. The summed E-state index contributed by atoms with van der Waals surface area (Å²) in [4.78, 5) is 4.15. The van der Waals surface area contributed by atoms with Crippen LogP contribution in [-0.4, -0.2) is 9.66 Å². The summed E-state index contributed by atoms with van der Waals surface area (Å²) in [6, 6.07) is 5.96. The van der Waals surface area contributed by atoms with E-state index in [1.807, 2.05) is 25.1 Å². The van der Waals surface area contributed by atoms with Gasteiger partial charge in [0.25, 0.3) is 0 Å². The molecule has 1 heterocycles. The van der Waals surface area contributed by atoms with Crippen molar-refractivity contribution in [3.63, 3.8) is 0 Å². The van der Waals surface area contributed by atoms with Crippen molar-refractivity contribution < 1.29 is 0 Å². The minimum absolute atomic E-state index is 0.464. The van der Waals surface area contributed by atoms with Gasteiger partial charge in [0.15, 0.2) is 0 Å². The molecule has 78 valence electrons. The van der Waals surface area contributed by atoms with Gasteiger partial charge in [0.1, 0.15) is 17.8 Å². The SMILES string of the molecule is Cc1ccc(-c2ncn(N)c2N)cc1Br. The predicted octanol–water partition coefficient (Wildman–Crippen LogP) is 1.92. The first-order valence-corrected chi connectivity index (χ1v) is 5.23. The summed E-state index contributed by atoms with van der Waals surface area (Å²) in [7, 11) is 0. The molecule has 0 aliphatic rings. The summed E-state index contributed by atoms with van der Waals surface area (Å²) in [6.45, 7) is 2.03. The van der Waals surface area contributed by atoms with Gasteiger partial charge in [-0.1, -0.05) is 28.1 Å². The molecule has 0 unspecified atom stereocenters. The fourth-order valence-electron chi connectivity index (χ4n) is 1.33. The number of halogens is 1. The predicted molar refractivity (Wildman–Crippen MR) is 64.7 cm³/mol. The molecule has 4 N–H and O–H groups in total. The van der Waals surface area contributed by atoms with Crippen LogP contribution < -0.4 is 11.6 Å². The maximum Gasteiger partial charge on any atom is 0.150 e. The molecule has 0 saturated carbocycles. The number of hydrogen-bond acceptors (Lipinski definition) is 3. The number of aromatic nitrogens is 2. The van der Waals surface area contributed by atoms with E-state index < -0.39 is 0 Å². The molecule has 1 aromatic heterocycles. The lowest BCUT2D eigenvalue weighted by atomic mass is 10.1. The third-order valence-electron chi connectivity index (χ3n) is 2.28. The van der Waals surface area contributed by atoms with Crippen molar-refractivity contribution in [3.8, 4) is 11.3 Å². The molecule has 0 aliphatic heterocycles. The minimum atomic E-state index is 0.464. The Morgan fingerprint density at radius 3 is 2.67 bits per heavy atom. The van der Waals surface area contributed by atoms with E-state index in [0.717, 1.165) is 10.0 Å². The summed E-state index contributed by atoms with van der Waals surface area (Å²) >= 11 is 3.47. The van der Waals surface area contributed by atoms with Crippen molar-refractivity contribution in [2.75, 3.05) is 11.6 Å². The molecule has 0 spiro atoms. The van der Waals surface area contributed by atoms with Gasteiger partial charge in [-0.2, -0.15) is 0 Å². The van der Waals surface area contributed by atoms with Gasteiger partial charge in [-0.3, -0.25) is 0 Å². The Labute approximate surface area is 96.0 Å². The largest absolute Gasteiger partial charge is 0.382 e. The van der Waals surface area contributed by atoms with Crippen LogP contribution in [0.4, 0.5) is 5.82 Å². The normalized spacial score (nSPS) is 10.5. The number of nitrogens with two attached hydrogens (primary N) is 2. The lowest BCUT2D eigenvalue weighted by Crippen LogP contribution is -2.09. The molecule has 0 fully saturated rings. The fourth-order valence-corrected chi connectivity index (χ4v) is 1.71. The van der Waals surface area contributed by atoms with Gasteiger partial charge in [0.2, 0.25) is 0 Å². The Morgan fingerprint density at radius 1 is 1.40 bits per heavy atom. The molecule has 0 aliphatic carbocycles. The highest BCUT2D eigenvalue weighted by molar-refractivity contribution is 9.10. The number of nitrogens with zero attached hydrogens (tertiary/aromatic N) is 2. The average Bonchev–Trinajstić information content (AvgIpc) is 2.53. The molecule has 2 aromatic rings. The van der Waals surface area contributed by atoms with Crippen molar-refractivity contribution in [2.24, 2.45) is 0 Å². The van der Waals surface area contributed by atoms with E-state index in [1.165, 1.54) is 16.6 Å². The number of hydrogen-bond donors (Lipinski definition) is 2. The molecular weight excluding hydrogens is 256 g/mol. The van der Waals surface area contributed by atoms with Crippen LogP contribution in [0.25, 0.3) is 11.3 Å². The van der Waals surface area contributed by atoms with E-state index in [9.17, 15) is 0 Å². The zero-order valence-electron chi connectivity index (χ0n) is 8.24. The molecule has 0 bridgehead atoms. The van der Waals surface area contributed by atoms with Crippen LogP contribution in [0.15, 0.2) is 29.0 Å². The summed E-state index contributed by atoms with van der Waals surface area (Å²) < 4.78 is 2.34. The average molecular weight is 267 g/mol. The van der Waals surface area contributed by atoms with E-state index >= 15 is 0 Å². The number of benzene rings is 1. The monoisotopic (exact) mass is 266 g/mol. The Bertz CT molecular complexity index is 504. The first-order valence-electron chi connectivity index (χ1n) is 4.44. The van der Waals surface area contributed by atoms with Crippen LogP contribution in [0.5, 0.6) is 0 Å². The Kier molecular flexibility index (Phi) is 2.40. The molecule has 1 aromatic carbocycles. The van der Waals surface area contributed by atoms with Crippen molar-refractivity contribution >= 4 is 21.7 Å². The number of imidazole rings is 1. The zero-order valence-corrected chi connectivity index (χ0v) is 9.82. The zero-order chi connectivity index (χ0) is 11.0. The van der Waals surface area contributed by atoms with Crippen molar-refractivity contribution in [1.82, 2.24) is 9.66 Å². The Morgan fingerprint density at radius 2 is 2.13 bits per heavy atom. The van der Waals surface area contributed by atoms with Gasteiger partial charge in [-0.25, -0.2) is 9.66 Å². The first-order chi connectivity index (χ1) is 7.09. The molecule has 0 atom stereocenters. The number of nitrogen functional groups attached to an aromatic ring is 2. The minimum Gasteiger partial charge on any atom is -0.382 e. The molecule has 0 saturated heterocycles. The number of anilines is 1. The van der Waals surface area contributed by atoms with Crippen LogP contribution in [-0.2, 0) is 0 Å². The van der Waals surface area contributed by atoms with E-state index in [2.05, 4.69) is 20.9 Å². The smallest absolute Gasteiger partial charge is 0.150 e. The summed E-state index contributed by atoms with van der Waals surface area (Å²) in [5, 5.41) is 0. The highest BCUT2D eigenvalue weighted by Gasteiger charge is 2.09. The number of rotatable bonds is 1. The van der Waals surface area contributed by atoms with E-state index in [1.54, 1.807) is 0 Å². The van der Waals surface area contributed by atoms with Gasteiger partial charge in [0.05, 0.1) is 0 Å². The van der Waals surface area contributed by atoms with E-state index in [0.29, 0.717) is 11.5 Å². The van der Waals surface area contributed by atoms with Crippen LogP contribution >= 0.6 is 15.9 Å². The Hall–Kier alpha value is -1.49. The quantitative estimate of drug-likeness (QED) is 0.775. The molecule has 0 radical (unpaired) electrons. The van der Waals surface area contributed by atoms with Gasteiger partial charge in [0, 0.05) is 10.0 Å². The molecule has 5 heteroatoms. The van der Waals surface area contributed by atoms with Crippen LogP contribution in [0.3, 0.4) is 0 Å². The molecule has 0 amide bonds. The van der Waals surface area contributed by atoms with Crippen LogP contribution in [0, 0.1) is 6.92 Å². The highest BCUT2D eigenvalue weighted by atomic mass is 79.9. The van der Waals surface area contributed by atoms with Crippen molar-refractivity contribution in [1.29, 1.82) is 0 Å². The maximum absolute atomic E-state index is 5.78. The lowest BCUT2D eigenvalue weighted by Gasteiger charge is -2.03. The topological polar surface area (TPSA) is 69.9 Å². The van der Waals surface area contributed by atoms with Crippen LogP contribution in [0.2, 0.25) is 0 Å². The van der Waals surface area contributed by atoms with E-state index in [4.69, 9.17) is 11.6 Å². The second-order valence-corrected chi connectivity index (χ2v) is 4.20. The lowest BCUT2D eigenvalue weighted by molar-refractivity contribution is 1.01. The summed E-state index contributed by atoms with van der Waals surface area (Å²) in [6.07, 6.45) is 1.50. The second-order valence-electron chi connectivity index (χ2n) is 3.35. The van der Waals surface area contributed by atoms with Crippen molar-refractivity contribution in [2.45, 2.75) is 6.92 Å². The van der Waals surface area contributed by atoms with Crippen molar-refractivity contribution in [3.05, 3.63) is 34.6 Å². The molecular formula is C10H11BrN4. The standard InChI is InChI=1S/C10H11BrN4/c1-6-2-3-7(4-8(6)11)9-10(12)15(13)5-14-9/h2-5H,12-13H2,1H3. The van der Waals surface area contributed by atoms with Gasteiger partial charge < -0.3 is 11.6 Å². The number of aryl methyl sites for hydroxylation is 1. The Balaban J connectivity index is 2.55. The molecule has 4 nitrogen and oxygen atoms in total. The molecule has 15 heavy (non-hydrogen) atoms. The van der Waals surface area contributed by atoms with Gasteiger partial charge in [-0.15, -0.1) is 0 Å².